The Morgan fingerprint density at radius 2 is 2.19 bits per heavy atom. The number of hydrogen-bond acceptors (Lipinski definition) is 5. The van der Waals surface area contributed by atoms with Crippen LogP contribution in [0.4, 0.5) is 0 Å². The molecule has 5 rings (SSSR count). The molecule has 4 aromatic heterocycles. The number of carbonyl (C=O) groups excluding carboxylic acids is 1. The number of aromatic amines is 1. The molecule has 1 fully saturated rings. The van der Waals surface area contributed by atoms with Crippen molar-refractivity contribution in [3.8, 4) is 11.3 Å². The normalized spacial score (nSPS) is 17.5. The number of nitrogens with zero attached hydrogens (tertiary/aromatic N) is 4. The van der Waals surface area contributed by atoms with E-state index in [9.17, 15) is 4.79 Å². The first-order chi connectivity index (χ1) is 14.8. The van der Waals surface area contributed by atoms with Gasteiger partial charge in [0.2, 0.25) is 5.91 Å². The van der Waals surface area contributed by atoms with E-state index in [0.717, 1.165) is 36.3 Å². The van der Waals surface area contributed by atoms with Crippen molar-refractivity contribution in [3.63, 3.8) is 0 Å². The minimum atomic E-state index is -0.248. The van der Waals surface area contributed by atoms with E-state index in [0.29, 0.717) is 18.4 Å². The molecule has 0 spiro atoms. The molecule has 7 nitrogen and oxygen atoms in total. The fourth-order valence-corrected chi connectivity index (χ4v) is 6.44. The van der Waals surface area contributed by atoms with Crippen LogP contribution in [-0.2, 0) is 4.79 Å². The predicted octanol–water partition coefficient (Wildman–Crippen LogP) is 3.95. The Hall–Kier alpha value is -2.71. The molecule has 0 aliphatic carbocycles. The third kappa shape index (κ3) is 3.34. The number of aryl methyl sites for hydroxylation is 2. The van der Waals surface area contributed by atoms with Gasteiger partial charge < -0.3 is 10.7 Å². The van der Waals surface area contributed by atoms with E-state index in [-0.39, 0.29) is 5.91 Å². The van der Waals surface area contributed by atoms with Crippen LogP contribution in [0.3, 0.4) is 0 Å². The monoisotopic (exact) mass is 436 g/mol. The molecular weight excluding hydrogens is 408 g/mol. The number of fused-ring (bicyclic) bond motifs is 2. The average molecular weight is 437 g/mol. The number of H-pyrrole nitrogens is 1. The zero-order valence-corrected chi connectivity index (χ0v) is 19.2. The lowest BCUT2D eigenvalue weighted by molar-refractivity contribution is -0.118. The van der Waals surface area contributed by atoms with Gasteiger partial charge in [-0.1, -0.05) is 13.8 Å². The molecule has 3 N–H and O–H groups in total. The van der Waals surface area contributed by atoms with Crippen LogP contribution < -0.4 is 5.73 Å². The number of rotatable bonds is 5. The van der Waals surface area contributed by atoms with Gasteiger partial charge in [0, 0.05) is 34.5 Å². The summed E-state index contributed by atoms with van der Waals surface area (Å²) in [5.74, 6) is 0.593. The smallest absolute Gasteiger partial charge is 0.231 e. The number of thiophene rings is 1. The number of amides is 1. The Morgan fingerprint density at radius 1 is 1.39 bits per heavy atom. The van der Waals surface area contributed by atoms with Gasteiger partial charge in [-0.25, -0.2) is 9.50 Å². The van der Waals surface area contributed by atoms with E-state index in [4.69, 9.17) is 5.73 Å². The molecule has 1 aliphatic heterocycles. The summed E-state index contributed by atoms with van der Waals surface area (Å²) in [6, 6.07) is 2.19. The Balaban J connectivity index is 1.59. The number of likely N-dealkylation sites (tertiary alicyclic amines) is 1. The summed E-state index contributed by atoms with van der Waals surface area (Å²) in [5.41, 5.74) is 12.4. The second-order valence-electron chi connectivity index (χ2n) is 8.99. The molecule has 1 saturated heterocycles. The minimum absolute atomic E-state index is 0.248. The SMILES string of the molecule is Cc1c([C@@H]2CCN(CC(N)=O)C2)sc2[nH]c(-c3cc(C)c4ncnn4c3)c(C(C)C)c12. The zero-order valence-electron chi connectivity index (χ0n) is 18.4. The highest BCUT2D eigenvalue weighted by Gasteiger charge is 2.30. The van der Waals surface area contributed by atoms with Gasteiger partial charge in [0.1, 0.15) is 11.2 Å². The van der Waals surface area contributed by atoms with Gasteiger partial charge >= 0.3 is 0 Å². The van der Waals surface area contributed by atoms with E-state index in [1.807, 2.05) is 15.9 Å². The summed E-state index contributed by atoms with van der Waals surface area (Å²) in [4.78, 5) is 24.2. The lowest BCUT2D eigenvalue weighted by Gasteiger charge is -2.14. The molecule has 0 radical (unpaired) electrons. The van der Waals surface area contributed by atoms with Crippen LogP contribution in [-0.4, -0.2) is 50.0 Å². The van der Waals surface area contributed by atoms with E-state index in [1.165, 1.54) is 31.9 Å². The van der Waals surface area contributed by atoms with Crippen molar-refractivity contribution >= 4 is 33.1 Å². The van der Waals surface area contributed by atoms with Gasteiger partial charge in [0.15, 0.2) is 5.65 Å². The minimum Gasteiger partial charge on any atom is -0.369 e. The second kappa shape index (κ2) is 7.46. The van der Waals surface area contributed by atoms with Gasteiger partial charge in [-0.15, -0.1) is 11.3 Å². The molecule has 8 heteroatoms. The molecule has 1 aliphatic rings. The largest absolute Gasteiger partial charge is 0.369 e. The summed E-state index contributed by atoms with van der Waals surface area (Å²) >= 11 is 1.87. The number of primary amides is 1. The molecule has 162 valence electrons. The Bertz CT molecular complexity index is 1300. The summed E-state index contributed by atoms with van der Waals surface area (Å²) < 4.78 is 1.86. The summed E-state index contributed by atoms with van der Waals surface area (Å²) in [6.07, 6.45) is 4.73. The molecule has 4 aromatic rings. The quantitative estimate of drug-likeness (QED) is 0.495. The van der Waals surface area contributed by atoms with Crippen LogP contribution >= 0.6 is 11.3 Å². The Morgan fingerprint density at radius 3 is 2.94 bits per heavy atom. The van der Waals surface area contributed by atoms with Gasteiger partial charge in [-0.3, -0.25) is 9.69 Å². The van der Waals surface area contributed by atoms with Crippen molar-refractivity contribution in [2.24, 2.45) is 5.73 Å². The first-order valence-corrected chi connectivity index (χ1v) is 11.6. The fraction of sp³-hybridized carbons (Fsp3) is 0.435. The molecular formula is C23H28N6OS. The third-order valence-corrected chi connectivity index (χ3v) is 7.78. The van der Waals surface area contributed by atoms with Crippen molar-refractivity contribution in [3.05, 3.63) is 40.2 Å². The number of aromatic nitrogens is 4. The summed E-state index contributed by atoms with van der Waals surface area (Å²) in [6.45, 7) is 11.0. The number of nitrogens with two attached hydrogens (primary N) is 1. The van der Waals surface area contributed by atoms with Crippen molar-refractivity contribution < 1.29 is 4.79 Å². The summed E-state index contributed by atoms with van der Waals surface area (Å²) in [5, 5.41) is 5.71. The van der Waals surface area contributed by atoms with Crippen LogP contribution in [0.2, 0.25) is 0 Å². The first kappa shape index (κ1) is 20.2. The standard InChI is InChI=1S/C23H28N6OS/c1-12(2)18-19-14(4)21(15-5-6-28(8-15)10-17(24)30)31-23(19)27-20(18)16-7-13(3)22-25-11-26-29(22)9-16/h7,9,11-12,15,27H,5-6,8,10H2,1-4H3,(H2,24,30)/t15-/m1/s1. The molecule has 0 unspecified atom stereocenters. The van der Waals surface area contributed by atoms with E-state index >= 15 is 0 Å². The van der Waals surface area contributed by atoms with Crippen LogP contribution in [0.1, 0.15) is 53.7 Å². The van der Waals surface area contributed by atoms with Crippen LogP contribution in [0.5, 0.6) is 0 Å². The van der Waals surface area contributed by atoms with Crippen molar-refractivity contribution in [2.45, 2.75) is 46.0 Å². The summed E-state index contributed by atoms with van der Waals surface area (Å²) in [7, 11) is 0. The van der Waals surface area contributed by atoms with E-state index in [1.54, 1.807) is 6.33 Å². The van der Waals surface area contributed by atoms with Crippen molar-refractivity contribution in [1.82, 2.24) is 24.5 Å². The van der Waals surface area contributed by atoms with Crippen LogP contribution in [0.25, 0.3) is 27.1 Å². The van der Waals surface area contributed by atoms with Gasteiger partial charge in [0.05, 0.1) is 12.2 Å². The third-order valence-electron chi connectivity index (χ3n) is 6.41. The van der Waals surface area contributed by atoms with Crippen molar-refractivity contribution in [2.75, 3.05) is 19.6 Å². The average Bonchev–Trinajstić information content (AvgIpc) is 3.45. The number of pyridine rings is 1. The molecule has 1 atom stereocenters. The maximum Gasteiger partial charge on any atom is 0.231 e. The number of hydrogen-bond donors (Lipinski definition) is 2. The zero-order chi connectivity index (χ0) is 21.9. The van der Waals surface area contributed by atoms with Crippen LogP contribution in [0.15, 0.2) is 18.6 Å². The topological polar surface area (TPSA) is 92.3 Å². The van der Waals surface area contributed by atoms with Gasteiger partial charge in [-0.2, -0.15) is 5.10 Å². The van der Waals surface area contributed by atoms with Gasteiger partial charge in [-0.05, 0) is 55.5 Å². The lowest BCUT2D eigenvalue weighted by atomic mass is 9.94. The lowest BCUT2D eigenvalue weighted by Crippen LogP contribution is -2.31. The maximum atomic E-state index is 11.3. The maximum absolute atomic E-state index is 11.3. The van der Waals surface area contributed by atoms with Gasteiger partial charge in [0.25, 0.3) is 0 Å². The van der Waals surface area contributed by atoms with Crippen molar-refractivity contribution in [1.29, 1.82) is 0 Å². The highest BCUT2D eigenvalue weighted by molar-refractivity contribution is 7.19. The molecule has 0 bridgehead atoms. The fourth-order valence-electron chi connectivity index (χ4n) is 5.08. The number of nitrogens with one attached hydrogen (secondary N) is 1. The number of carbonyl (C=O) groups is 1. The molecule has 31 heavy (non-hydrogen) atoms. The highest BCUT2D eigenvalue weighted by atomic mass is 32.1. The molecule has 5 heterocycles. The molecule has 0 aromatic carbocycles. The predicted molar refractivity (Wildman–Crippen MR) is 125 cm³/mol. The van der Waals surface area contributed by atoms with E-state index < -0.39 is 0 Å². The van der Waals surface area contributed by atoms with Crippen LogP contribution in [0, 0.1) is 13.8 Å². The molecule has 1 amide bonds. The first-order valence-electron chi connectivity index (χ1n) is 10.8. The Kier molecular flexibility index (Phi) is 4.86. The van der Waals surface area contributed by atoms with E-state index in [2.05, 4.69) is 59.9 Å². The second-order valence-corrected chi connectivity index (χ2v) is 10.0. The Labute approximate surface area is 185 Å². The molecule has 0 saturated carbocycles. The highest BCUT2D eigenvalue weighted by Crippen LogP contribution is 2.45.